The molecule has 200 valence electrons. The van der Waals surface area contributed by atoms with Crippen LogP contribution in [0.2, 0.25) is 0 Å². The molecular formula is C26H32BrN3O6S. The number of amides is 2. The van der Waals surface area contributed by atoms with Crippen LogP contribution in [-0.4, -0.2) is 63.2 Å². The van der Waals surface area contributed by atoms with Gasteiger partial charge in [0.15, 0.2) is 11.5 Å². The zero-order valence-electron chi connectivity index (χ0n) is 21.0. The monoisotopic (exact) mass is 593 g/mol. The number of hydrogen-bond acceptors (Lipinski definition) is 6. The van der Waals surface area contributed by atoms with Crippen molar-refractivity contribution < 1.29 is 27.5 Å². The van der Waals surface area contributed by atoms with E-state index in [-0.39, 0.29) is 24.2 Å². The van der Waals surface area contributed by atoms with E-state index in [4.69, 9.17) is 9.47 Å². The number of sulfonamides is 1. The van der Waals surface area contributed by atoms with Crippen molar-refractivity contribution in [3.63, 3.8) is 0 Å². The van der Waals surface area contributed by atoms with Gasteiger partial charge in [-0.15, -0.1) is 0 Å². The van der Waals surface area contributed by atoms with Gasteiger partial charge in [-0.2, -0.15) is 0 Å². The Kier molecular flexibility index (Phi) is 8.63. The molecule has 0 aromatic heterocycles. The number of nitrogens with zero attached hydrogens (tertiary/aromatic N) is 2. The highest BCUT2D eigenvalue weighted by atomic mass is 79.9. The maximum absolute atomic E-state index is 13.7. The molecule has 1 fully saturated rings. The number of halogens is 1. The molecule has 0 radical (unpaired) electrons. The van der Waals surface area contributed by atoms with Gasteiger partial charge < -0.3 is 19.7 Å². The van der Waals surface area contributed by atoms with E-state index in [1.807, 2.05) is 24.3 Å². The Morgan fingerprint density at radius 2 is 1.70 bits per heavy atom. The summed E-state index contributed by atoms with van der Waals surface area (Å²) in [5.74, 6) is 0.199. The lowest BCUT2D eigenvalue weighted by Gasteiger charge is -2.32. The fourth-order valence-corrected chi connectivity index (χ4v) is 5.67. The van der Waals surface area contributed by atoms with Crippen LogP contribution >= 0.6 is 15.9 Å². The molecule has 1 heterocycles. The number of ether oxygens (including phenoxy) is 2. The molecule has 0 saturated heterocycles. The molecule has 2 aromatic carbocycles. The van der Waals surface area contributed by atoms with Gasteiger partial charge in [0.2, 0.25) is 21.8 Å². The lowest BCUT2D eigenvalue weighted by Crippen LogP contribution is -2.52. The first-order valence-electron chi connectivity index (χ1n) is 12.3. The van der Waals surface area contributed by atoms with Gasteiger partial charge in [-0.25, -0.2) is 8.42 Å². The molecule has 1 saturated carbocycles. The van der Waals surface area contributed by atoms with Crippen molar-refractivity contribution in [1.82, 2.24) is 10.2 Å². The molecule has 1 aliphatic heterocycles. The van der Waals surface area contributed by atoms with E-state index in [0.717, 1.165) is 46.3 Å². The molecule has 1 aliphatic carbocycles. The Hall–Kier alpha value is -2.79. The molecule has 37 heavy (non-hydrogen) atoms. The highest BCUT2D eigenvalue weighted by Gasteiger charge is 2.31. The number of carbonyl (C=O) groups excluding carboxylic acids is 2. The summed E-state index contributed by atoms with van der Waals surface area (Å²) in [4.78, 5) is 28.3. The summed E-state index contributed by atoms with van der Waals surface area (Å²) in [6.07, 6.45) is 5.03. The van der Waals surface area contributed by atoms with Gasteiger partial charge in [0.1, 0.15) is 25.8 Å². The molecule has 0 spiro atoms. The van der Waals surface area contributed by atoms with E-state index in [0.29, 0.717) is 24.7 Å². The number of nitrogens with one attached hydrogen (secondary N) is 1. The second kappa shape index (κ2) is 11.7. The Bertz CT molecular complexity index is 1230. The first kappa shape index (κ1) is 27.3. The predicted octanol–water partition coefficient (Wildman–Crippen LogP) is 3.46. The van der Waals surface area contributed by atoms with Crippen LogP contribution in [-0.2, 0) is 26.2 Å². The summed E-state index contributed by atoms with van der Waals surface area (Å²) in [7, 11) is -3.83. The Morgan fingerprint density at radius 1 is 1.05 bits per heavy atom. The predicted molar refractivity (Wildman–Crippen MR) is 144 cm³/mol. The van der Waals surface area contributed by atoms with Crippen molar-refractivity contribution in [2.75, 3.05) is 30.3 Å². The average Bonchev–Trinajstić information content (AvgIpc) is 3.38. The quantitative estimate of drug-likeness (QED) is 0.477. The maximum Gasteiger partial charge on any atom is 0.244 e. The Balaban J connectivity index is 1.59. The molecule has 2 amide bonds. The minimum absolute atomic E-state index is 0.102. The SMILES string of the molecule is CC(C(=O)NC1CCCC1)N(Cc1ccc(Br)cc1)C(=O)CN(c1ccc2c(c1)OCCO2)S(C)(=O)=O. The number of rotatable bonds is 9. The summed E-state index contributed by atoms with van der Waals surface area (Å²) in [5.41, 5.74) is 1.11. The van der Waals surface area contributed by atoms with E-state index < -0.39 is 28.5 Å². The molecule has 4 rings (SSSR count). The summed E-state index contributed by atoms with van der Waals surface area (Å²) < 4.78 is 38.6. The van der Waals surface area contributed by atoms with Gasteiger partial charge in [-0.1, -0.05) is 40.9 Å². The molecule has 9 nitrogen and oxygen atoms in total. The summed E-state index contributed by atoms with van der Waals surface area (Å²) >= 11 is 3.41. The molecule has 11 heteroatoms. The summed E-state index contributed by atoms with van der Waals surface area (Å²) in [6, 6.07) is 11.5. The molecular weight excluding hydrogens is 562 g/mol. The molecule has 1 N–H and O–H groups in total. The fourth-order valence-electron chi connectivity index (χ4n) is 4.56. The van der Waals surface area contributed by atoms with Crippen LogP contribution in [0, 0.1) is 0 Å². The van der Waals surface area contributed by atoms with Crippen LogP contribution < -0.4 is 19.1 Å². The highest BCUT2D eigenvalue weighted by Crippen LogP contribution is 2.34. The van der Waals surface area contributed by atoms with E-state index in [2.05, 4.69) is 21.2 Å². The number of anilines is 1. The van der Waals surface area contributed by atoms with Crippen LogP contribution in [0.25, 0.3) is 0 Å². The van der Waals surface area contributed by atoms with Crippen LogP contribution in [0.5, 0.6) is 11.5 Å². The van der Waals surface area contributed by atoms with Crippen molar-refractivity contribution in [3.8, 4) is 11.5 Å². The van der Waals surface area contributed by atoms with Gasteiger partial charge in [0.25, 0.3) is 0 Å². The zero-order valence-corrected chi connectivity index (χ0v) is 23.4. The first-order chi connectivity index (χ1) is 17.6. The lowest BCUT2D eigenvalue weighted by molar-refractivity contribution is -0.139. The average molecular weight is 595 g/mol. The fraction of sp³-hybridized carbons (Fsp3) is 0.462. The van der Waals surface area contributed by atoms with Crippen LogP contribution in [0.4, 0.5) is 5.69 Å². The van der Waals surface area contributed by atoms with Crippen molar-refractivity contribution in [2.45, 2.75) is 51.2 Å². The Labute approximate surface area is 226 Å². The zero-order chi connectivity index (χ0) is 26.6. The molecule has 2 aliphatic rings. The van der Waals surface area contributed by atoms with E-state index in [1.165, 1.54) is 4.90 Å². The van der Waals surface area contributed by atoms with Gasteiger partial charge >= 0.3 is 0 Å². The van der Waals surface area contributed by atoms with Crippen molar-refractivity contribution in [1.29, 1.82) is 0 Å². The topological polar surface area (TPSA) is 105 Å². The van der Waals surface area contributed by atoms with Crippen molar-refractivity contribution in [3.05, 3.63) is 52.5 Å². The van der Waals surface area contributed by atoms with E-state index >= 15 is 0 Å². The molecule has 1 atom stereocenters. The third-order valence-corrected chi connectivity index (χ3v) is 8.30. The summed E-state index contributed by atoms with van der Waals surface area (Å²) in [6.45, 7) is 2.13. The number of benzene rings is 2. The van der Waals surface area contributed by atoms with Gasteiger partial charge in [-0.05, 0) is 49.6 Å². The van der Waals surface area contributed by atoms with E-state index in [9.17, 15) is 18.0 Å². The third kappa shape index (κ3) is 6.95. The van der Waals surface area contributed by atoms with Gasteiger partial charge in [0, 0.05) is 23.1 Å². The second-order valence-corrected chi connectivity index (χ2v) is 12.2. The number of hydrogen-bond donors (Lipinski definition) is 1. The maximum atomic E-state index is 13.7. The summed E-state index contributed by atoms with van der Waals surface area (Å²) in [5, 5.41) is 3.06. The molecule has 2 aromatic rings. The number of fused-ring (bicyclic) bond motifs is 1. The molecule has 1 unspecified atom stereocenters. The van der Waals surface area contributed by atoms with Crippen molar-refractivity contribution >= 4 is 43.5 Å². The number of carbonyl (C=O) groups is 2. The third-order valence-electron chi connectivity index (χ3n) is 6.63. The minimum Gasteiger partial charge on any atom is -0.486 e. The van der Waals surface area contributed by atoms with Crippen LogP contribution in [0.15, 0.2) is 46.9 Å². The normalized spacial score (nSPS) is 16.2. The largest absolute Gasteiger partial charge is 0.486 e. The van der Waals surface area contributed by atoms with Crippen molar-refractivity contribution in [2.24, 2.45) is 0 Å². The van der Waals surface area contributed by atoms with E-state index in [1.54, 1.807) is 25.1 Å². The van der Waals surface area contributed by atoms with Crippen LogP contribution in [0.3, 0.4) is 0 Å². The first-order valence-corrected chi connectivity index (χ1v) is 15.0. The van der Waals surface area contributed by atoms with Gasteiger partial charge in [0.05, 0.1) is 11.9 Å². The van der Waals surface area contributed by atoms with Gasteiger partial charge in [-0.3, -0.25) is 13.9 Å². The smallest absolute Gasteiger partial charge is 0.244 e. The van der Waals surface area contributed by atoms with Crippen LogP contribution in [0.1, 0.15) is 38.2 Å². The highest BCUT2D eigenvalue weighted by molar-refractivity contribution is 9.10. The second-order valence-electron chi connectivity index (χ2n) is 9.41. The Morgan fingerprint density at radius 3 is 2.35 bits per heavy atom. The molecule has 0 bridgehead atoms. The minimum atomic E-state index is -3.83. The lowest BCUT2D eigenvalue weighted by atomic mass is 10.1. The standard InChI is InChI=1S/C26H32BrN3O6S/c1-18(26(32)28-21-5-3-4-6-21)29(16-19-7-9-20(27)10-8-19)25(31)17-30(37(2,33)34)22-11-12-23-24(15-22)36-14-13-35-23/h7-12,15,18,21H,3-6,13-14,16-17H2,1-2H3,(H,28,32).